The molecular formula is C13H16O2. The van der Waals surface area contributed by atoms with Crippen molar-refractivity contribution in [3.05, 3.63) is 47.0 Å². The second kappa shape index (κ2) is 5.35. The molecule has 0 bridgehead atoms. The first kappa shape index (κ1) is 11.5. The van der Waals surface area contributed by atoms with E-state index in [2.05, 4.69) is 0 Å². The Bertz CT molecular complexity index is 378. The molecule has 15 heavy (non-hydrogen) atoms. The maximum Gasteiger partial charge on any atom is 0.338 e. The quantitative estimate of drug-likeness (QED) is 0.559. The van der Waals surface area contributed by atoms with Gasteiger partial charge in [-0.2, -0.15) is 0 Å². The van der Waals surface area contributed by atoms with Crippen LogP contribution in [0, 0.1) is 6.92 Å². The number of rotatable bonds is 3. The van der Waals surface area contributed by atoms with Gasteiger partial charge < -0.3 is 4.74 Å². The second-order valence-electron chi connectivity index (χ2n) is 3.43. The van der Waals surface area contributed by atoms with Crippen molar-refractivity contribution in [2.24, 2.45) is 0 Å². The Hall–Kier alpha value is -1.57. The lowest BCUT2D eigenvalue weighted by molar-refractivity contribution is 0.0599. The van der Waals surface area contributed by atoms with E-state index in [0.29, 0.717) is 5.56 Å². The van der Waals surface area contributed by atoms with Gasteiger partial charge in [0, 0.05) is 0 Å². The minimum atomic E-state index is -0.266. The highest BCUT2D eigenvalue weighted by Crippen LogP contribution is 2.14. The third-order valence-corrected chi connectivity index (χ3v) is 2.24. The fourth-order valence-electron chi connectivity index (χ4n) is 1.41. The molecule has 1 aromatic carbocycles. The van der Waals surface area contributed by atoms with Crippen molar-refractivity contribution in [2.75, 3.05) is 7.11 Å². The summed E-state index contributed by atoms with van der Waals surface area (Å²) in [5.41, 5.74) is 2.74. The van der Waals surface area contributed by atoms with Crippen LogP contribution in [0.4, 0.5) is 0 Å². The number of esters is 1. The van der Waals surface area contributed by atoms with Gasteiger partial charge >= 0.3 is 5.97 Å². The third kappa shape index (κ3) is 2.94. The molecular weight excluding hydrogens is 188 g/mol. The summed E-state index contributed by atoms with van der Waals surface area (Å²) in [6.45, 7) is 3.93. The summed E-state index contributed by atoms with van der Waals surface area (Å²) in [5.74, 6) is -0.266. The number of allylic oxidation sites excluding steroid dienone is 2. The summed E-state index contributed by atoms with van der Waals surface area (Å²) in [6, 6.07) is 5.84. The van der Waals surface area contributed by atoms with Gasteiger partial charge in [0.1, 0.15) is 0 Å². The van der Waals surface area contributed by atoms with Crippen LogP contribution in [-0.4, -0.2) is 13.1 Å². The Morgan fingerprint density at radius 3 is 2.80 bits per heavy atom. The highest BCUT2D eigenvalue weighted by molar-refractivity contribution is 5.91. The molecule has 0 radical (unpaired) electrons. The molecule has 0 fully saturated rings. The zero-order valence-electron chi connectivity index (χ0n) is 9.41. The zero-order valence-corrected chi connectivity index (χ0v) is 9.41. The first-order valence-corrected chi connectivity index (χ1v) is 4.98. The Kier molecular flexibility index (Phi) is 4.10. The van der Waals surface area contributed by atoms with Gasteiger partial charge in [-0.25, -0.2) is 4.79 Å². The molecule has 0 N–H and O–H groups in total. The van der Waals surface area contributed by atoms with Gasteiger partial charge in [0.2, 0.25) is 0 Å². The molecule has 0 aliphatic carbocycles. The van der Waals surface area contributed by atoms with Crippen LogP contribution in [0.3, 0.4) is 0 Å². The van der Waals surface area contributed by atoms with Crippen molar-refractivity contribution in [1.82, 2.24) is 0 Å². The number of carbonyl (C=O) groups excluding carboxylic acids is 1. The summed E-state index contributed by atoms with van der Waals surface area (Å²) >= 11 is 0. The molecule has 0 atom stereocenters. The molecule has 1 rings (SSSR count). The minimum absolute atomic E-state index is 0.266. The van der Waals surface area contributed by atoms with Crippen molar-refractivity contribution in [3.63, 3.8) is 0 Å². The topological polar surface area (TPSA) is 26.3 Å². The summed E-state index contributed by atoms with van der Waals surface area (Å²) in [7, 11) is 1.41. The Labute approximate surface area is 90.6 Å². The first-order valence-electron chi connectivity index (χ1n) is 4.98. The summed E-state index contributed by atoms with van der Waals surface area (Å²) in [6.07, 6.45) is 4.76. The number of ether oxygens (including phenoxy) is 1. The summed E-state index contributed by atoms with van der Waals surface area (Å²) in [4.78, 5) is 11.5. The SMILES string of the molecule is C/C=C/Cc1ccc(C)cc1C(=O)OC. The van der Waals surface area contributed by atoms with Gasteiger partial charge in [0.05, 0.1) is 12.7 Å². The van der Waals surface area contributed by atoms with Crippen LogP contribution in [0.1, 0.15) is 28.4 Å². The van der Waals surface area contributed by atoms with E-state index in [1.54, 1.807) is 0 Å². The van der Waals surface area contributed by atoms with Crippen molar-refractivity contribution in [2.45, 2.75) is 20.3 Å². The monoisotopic (exact) mass is 204 g/mol. The molecule has 0 aliphatic heterocycles. The predicted octanol–water partition coefficient (Wildman–Crippen LogP) is 2.90. The minimum Gasteiger partial charge on any atom is -0.465 e. The molecule has 80 valence electrons. The number of methoxy groups -OCH3 is 1. The van der Waals surface area contributed by atoms with E-state index in [4.69, 9.17) is 4.74 Å². The first-order chi connectivity index (χ1) is 7.19. The molecule has 0 spiro atoms. The molecule has 0 aliphatic rings. The molecule has 1 aromatic rings. The van der Waals surface area contributed by atoms with Crippen molar-refractivity contribution < 1.29 is 9.53 Å². The standard InChI is InChI=1S/C13H16O2/c1-4-5-6-11-8-7-10(2)9-12(11)13(14)15-3/h4-5,7-9H,6H2,1-3H3/b5-4+. The van der Waals surface area contributed by atoms with Crippen LogP contribution in [0.15, 0.2) is 30.4 Å². The average molecular weight is 204 g/mol. The molecule has 0 heterocycles. The maximum atomic E-state index is 11.5. The third-order valence-electron chi connectivity index (χ3n) is 2.24. The molecule has 2 heteroatoms. The van der Waals surface area contributed by atoms with Crippen molar-refractivity contribution in [3.8, 4) is 0 Å². The lowest BCUT2D eigenvalue weighted by Crippen LogP contribution is -2.05. The highest BCUT2D eigenvalue weighted by Gasteiger charge is 2.10. The Morgan fingerprint density at radius 1 is 1.47 bits per heavy atom. The fraction of sp³-hybridized carbons (Fsp3) is 0.308. The molecule has 0 saturated heterocycles. The number of carbonyl (C=O) groups is 1. The van der Waals surface area contributed by atoms with Crippen LogP contribution in [0.2, 0.25) is 0 Å². The van der Waals surface area contributed by atoms with Gasteiger partial charge in [0.15, 0.2) is 0 Å². The van der Waals surface area contributed by atoms with Crippen LogP contribution >= 0.6 is 0 Å². The van der Waals surface area contributed by atoms with E-state index in [0.717, 1.165) is 17.5 Å². The van der Waals surface area contributed by atoms with E-state index in [1.165, 1.54) is 7.11 Å². The molecule has 0 amide bonds. The van der Waals surface area contributed by atoms with Gasteiger partial charge in [-0.05, 0) is 31.9 Å². The van der Waals surface area contributed by atoms with Gasteiger partial charge in [-0.1, -0.05) is 29.8 Å². The van der Waals surface area contributed by atoms with E-state index < -0.39 is 0 Å². The summed E-state index contributed by atoms with van der Waals surface area (Å²) < 4.78 is 4.75. The second-order valence-corrected chi connectivity index (χ2v) is 3.43. The van der Waals surface area contributed by atoms with E-state index >= 15 is 0 Å². The van der Waals surface area contributed by atoms with Crippen molar-refractivity contribution in [1.29, 1.82) is 0 Å². The van der Waals surface area contributed by atoms with Crippen LogP contribution in [0.25, 0.3) is 0 Å². The molecule has 0 saturated carbocycles. The molecule has 0 unspecified atom stereocenters. The van der Waals surface area contributed by atoms with Gasteiger partial charge in [-0.15, -0.1) is 0 Å². The van der Waals surface area contributed by atoms with Gasteiger partial charge in [0.25, 0.3) is 0 Å². The zero-order chi connectivity index (χ0) is 11.3. The van der Waals surface area contributed by atoms with E-state index in [1.807, 2.05) is 44.2 Å². The lowest BCUT2D eigenvalue weighted by atomic mass is 10.0. The molecule has 2 nitrogen and oxygen atoms in total. The Balaban J connectivity index is 3.08. The lowest BCUT2D eigenvalue weighted by Gasteiger charge is -2.06. The normalized spacial score (nSPS) is 10.6. The summed E-state index contributed by atoms with van der Waals surface area (Å²) in [5, 5.41) is 0. The van der Waals surface area contributed by atoms with Crippen molar-refractivity contribution >= 4 is 5.97 Å². The predicted molar refractivity (Wildman–Crippen MR) is 61.0 cm³/mol. The van der Waals surface area contributed by atoms with E-state index in [9.17, 15) is 4.79 Å². The van der Waals surface area contributed by atoms with Gasteiger partial charge in [-0.3, -0.25) is 0 Å². The van der Waals surface area contributed by atoms with E-state index in [-0.39, 0.29) is 5.97 Å². The smallest absolute Gasteiger partial charge is 0.338 e. The van der Waals surface area contributed by atoms with Crippen LogP contribution < -0.4 is 0 Å². The van der Waals surface area contributed by atoms with Crippen LogP contribution in [0.5, 0.6) is 0 Å². The number of benzene rings is 1. The fourth-order valence-corrected chi connectivity index (χ4v) is 1.41. The van der Waals surface area contributed by atoms with Crippen LogP contribution in [-0.2, 0) is 11.2 Å². The number of aryl methyl sites for hydroxylation is 1. The number of hydrogen-bond donors (Lipinski definition) is 0. The largest absolute Gasteiger partial charge is 0.465 e. The Morgan fingerprint density at radius 2 is 2.20 bits per heavy atom. The highest BCUT2D eigenvalue weighted by atomic mass is 16.5. The average Bonchev–Trinajstić information content (AvgIpc) is 2.26. The number of hydrogen-bond acceptors (Lipinski definition) is 2. The maximum absolute atomic E-state index is 11.5. The molecule has 0 aromatic heterocycles.